The Morgan fingerprint density at radius 3 is 2.68 bits per heavy atom. The highest BCUT2D eigenvalue weighted by molar-refractivity contribution is 14.0. The number of hydrogen-bond donors (Lipinski definition) is 2. The number of aliphatic imine (C=N–C) groups is 1. The van der Waals surface area contributed by atoms with Gasteiger partial charge >= 0.3 is 0 Å². The lowest BCUT2D eigenvalue weighted by atomic mass is 10.2. The summed E-state index contributed by atoms with van der Waals surface area (Å²) >= 11 is 1.80. The van der Waals surface area contributed by atoms with Gasteiger partial charge in [-0.05, 0) is 37.8 Å². The first-order valence-electron chi connectivity index (χ1n) is 10.6. The molecule has 0 radical (unpaired) electrons. The van der Waals surface area contributed by atoms with Crippen LogP contribution in [0.25, 0.3) is 0 Å². The van der Waals surface area contributed by atoms with Crippen molar-refractivity contribution in [1.82, 2.24) is 20.5 Å². The van der Waals surface area contributed by atoms with Gasteiger partial charge in [-0.15, -0.1) is 35.3 Å². The molecule has 1 unspecified atom stereocenters. The molecule has 1 aliphatic heterocycles. The number of nitrogens with zero attached hydrogens (tertiary/aromatic N) is 3. The summed E-state index contributed by atoms with van der Waals surface area (Å²) < 4.78 is 11.1. The summed E-state index contributed by atoms with van der Waals surface area (Å²) in [4.78, 5) is 13.0. The van der Waals surface area contributed by atoms with Crippen LogP contribution in [0.3, 0.4) is 0 Å². The van der Waals surface area contributed by atoms with Crippen LogP contribution in [-0.2, 0) is 11.3 Å². The van der Waals surface area contributed by atoms with E-state index in [0.717, 1.165) is 50.9 Å². The molecule has 1 fully saturated rings. The summed E-state index contributed by atoms with van der Waals surface area (Å²) in [5.41, 5.74) is 1.05. The van der Waals surface area contributed by atoms with Gasteiger partial charge in [0.15, 0.2) is 5.96 Å². The lowest BCUT2D eigenvalue weighted by Crippen LogP contribution is -2.46. The van der Waals surface area contributed by atoms with Crippen molar-refractivity contribution in [1.29, 1.82) is 0 Å². The number of guanidine groups is 1. The molecule has 1 saturated heterocycles. The van der Waals surface area contributed by atoms with E-state index in [2.05, 4.69) is 45.0 Å². The molecule has 31 heavy (non-hydrogen) atoms. The molecule has 0 saturated carbocycles. The predicted octanol–water partition coefficient (Wildman–Crippen LogP) is 3.68. The van der Waals surface area contributed by atoms with Crippen LogP contribution in [0.15, 0.2) is 40.8 Å². The van der Waals surface area contributed by atoms with Crippen molar-refractivity contribution in [2.45, 2.75) is 39.5 Å². The van der Waals surface area contributed by atoms with E-state index in [1.54, 1.807) is 11.3 Å². The zero-order valence-electron chi connectivity index (χ0n) is 18.5. The fourth-order valence-electron chi connectivity index (χ4n) is 3.30. The number of pyridine rings is 1. The van der Waals surface area contributed by atoms with Crippen molar-refractivity contribution >= 4 is 41.3 Å². The van der Waals surface area contributed by atoms with Crippen LogP contribution in [0.4, 0.5) is 0 Å². The molecule has 2 aromatic rings. The topological polar surface area (TPSA) is 71.0 Å². The Morgan fingerprint density at radius 1 is 1.26 bits per heavy atom. The monoisotopic (exact) mass is 559 g/mol. The second kappa shape index (κ2) is 13.9. The Labute approximate surface area is 206 Å². The van der Waals surface area contributed by atoms with Gasteiger partial charge in [-0.25, -0.2) is 9.98 Å². The van der Waals surface area contributed by atoms with Gasteiger partial charge in [0.2, 0.25) is 5.88 Å². The summed E-state index contributed by atoms with van der Waals surface area (Å²) in [6.45, 7) is 11.7. The predicted molar refractivity (Wildman–Crippen MR) is 138 cm³/mol. The van der Waals surface area contributed by atoms with Crippen molar-refractivity contribution in [3.05, 3.63) is 46.3 Å². The van der Waals surface area contributed by atoms with Crippen LogP contribution in [0.2, 0.25) is 0 Å². The Balaban J connectivity index is 0.00000341. The third-order valence-corrected chi connectivity index (χ3v) is 5.71. The molecule has 7 nitrogen and oxygen atoms in total. The second-order valence-electron chi connectivity index (χ2n) is 7.43. The van der Waals surface area contributed by atoms with Gasteiger partial charge in [0.1, 0.15) is 0 Å². The first-order chi connectivity index (χ1) is 14.7. The smallest absolute Gasteiger partial charge is 0.213 e. The molecule has 3 heterocycles. The maximum atomic E-state index is 5.61. The average Bonchev–Trinajstić information content (AvgIpc) is 3.28. The normalized spacial score (nSPS) is 15.9. The quantitative estimate of drug-likeness (QED) is 0.278. The highest BCUT2D eigenvalue weighted by Crippen LogP contribution is 2.25. The van der Waals surface area contributed by atoms with Crippen molar-refractivity contribution in [3.63, 3.8) is 0 Å². The zero-order valence-corrected chi connectivity index (χ0v) is 21.7. The number of ether oxygens (including phenoxy) is 2. The Morgan fingerprint density at radius 2 is 2.06 bits per heavy atom. The van der Waals surface area contributed by atoms with Crippen LogP contribution in [0.1, 0.15) is 37.3 Å². The van der Waals surface area contributed by atoms with Gasteiger partial charge in [-0.3, -0.25) is 4.90 Å². The van der Waals surface area contributed by atoms with Crippen LogP contribution in [-0.4, -0.2) is 61.3 Å². The molecule has 0 bridgehead atoms. The molecular weight excluding hydrogens is 525 g/mol. The van der Waals surface area contributed by atoms with Crippen molar-refractivity contribution in [3.8, 4) is 5.88 Å². The molecular formula is C22H34IN5O2S. The van der Waals surface area contributed by atoms with E-state index in [1.165, 1.54) is 4.88 Å². The van der Waals surface area contributed by atoms with Gasteiger partial charge in [0.05, 0.1) is 31.9 Å². The fourth-order valence-corrected chi connectivity index (χ4v) is 4.16. The summed E-state index contributed by atoms with van der Waals surface area (Å²) in [6, 6.07) is 8.55. The standard InChI is InChI=1S/C22H33N5O2S.HI/c1-4-23-22(25-15-18-7-8-21(24-14-18)29-17(2)3)26-16-19(20-6-5-13-30-20)27-9-11-28-12-10-27;/h5-8,13-14,17,19H,4,9-12,15-16H2,1-3H3,(H2,23,25,26);1H. The number of halogens is 1. The average molecular weight is 560 g/mol. The highest BCUT2D eigenvalue weighted by atomic mass is 127. The zero-order chi connectivity index (χ0) is 21.2. The molecule has 3 rings (SSSR count). The number of morpholine rings is 1. The molecule has 0 aromatic carbocycles. The lowest BCUT2D eigenvalue weighted by Gasteiger charge is -2.34. The van der Waals surface area contributed by atoms with E-state index >= 15 is 0 Å². The Bertz CT molecular complexity index is 765. The summed E-state index contributed by atoms with van der Waals surface area (Å²) in [5.74, 6) is 1.46. The SMILES string of the molecule is CCNC(=NCc1ccc(OC(C)C)nc1)NCC(c1cccs1)N1CCOCC1.I. The van der Waals surface area contributed by atoms with E-state index in [-0.39, 0.29) is 30.1 Å². The van der Waals surface area contributed by atoms with Crippen LogP contribution in [0.5, 0.6) is 5.88 Å². The molecule has 1 aliphatic rings. The van der Waals surface area contributed by atoms with Crippen molar-refractivity contribution in [2.24, 2.45) is 4.99 Å². The van der Waals surface area contributed by atoms with Gasteiger partial charge in [-0.1, -0.05) is 12.1 Å². The van der Waals surface area contributed by atoms with Gasteiger partial charge in [0.25, 0.3) is 0 Å². The maximum Gasteiger partial charge on any atom is 0.213 e. The van der Waals surface area contributed by atoms with Crippen LogP contribution >= 0.6 is 35.3 Å². The fraction of sp³-hybridized carbons (Fsp3) is 0.545. The lowest BCUT2D eigenvalue weighted by molar-refractivity contribution is 0.0177. The third-order valence-electron chi connectivity index (χ3n) is 4.74. The Kier molecular flexibility index (Phi) is 11.6. The van der Waals surface area contributed by atoms with Crippen LogP contribution in [0, 0.1) is 0 Å². The van der Waals surface area contributed by atoms with Gasteiger partial charge < -0.3 is 20.1 Å². The van der Waals surface area contributed by atoms with Crippen molar-refractivity contribution in [2.75, 3.05) is 39.4 Å². The highest BCUT2D eigenvalue weighted by Gasteiger charge is 2.23. The third kappa shape index (κ3) is 8.55. The summed E-state index contributed by atoms with van der Waals surface area (Å²) in [6.07, 6.45) is 1.95. The molecule has 0 spiro atoms. The molecule has 2 N–H and O–H groups in total. The van der Waals surface area contributed by atoms with Gasteiger partial charge in [0, 0.05) is 43.3 Å². The largest absolute Gasteiger partial charge is 0.475 e. The number of hydrogen-bond acceptors (Lipinski definition) is 6. The molecule has 9 heteroatoms. The second-order valence-corrected chi connectivity index (χ2v) is 8.41. The molecule has 1 atom stereocenters. The minimum atomic E-state index is 0. The van der Waals surface area contributed by atoms with E-state index in [9.17, 15) is 0 Å². The van der Waals surface area contributed by atoms with E-state index in [4.69, 9.17) is 14.5 Å². The van der Waals surface area contributed by atoms with Gasteiger partial charge in [-0.2, -0.15) is 0 Å². The van der Waals surface area contributed by atoms with E-state index < -0.39 is 0 Å². The number of thiophene rings is 1. The van der Waals surface area contributed by atoms with E-state index in [1.807, 2.05) is 32.2 Å². The molecule has 0 amide bonds. The molecule has 172 valence electrons. The number of aromatic nitrogens is 1. The van der Waals surface area contributed by atoms with Crippen LogP contribution < -0.4 is 15.4 Å². The minimum absolute atomic E-state index is 0. The number of rotatable bonds is 9. The summed E-state index contributed by atoms with van der Waals surface area (Å²) in [5, 5.41) is 9.02. The van der Waals surface area contributed by atoms with Crippen molar-refractivity contribution < 1.29 is 9.47 Å². The first kappa shape index (κ1) is 25.8. The first-order valence-corrected chi connectivity index (χ1v) is 11.5. The van der Waals surface area contributed by atoms with E-state index in [0.29, 0.717) is 18.5 Å². The summed E-state index contributed by atoms with van der Waals surface area (Å²) in [7, 11) is 0. The number of nitrogens with one attached hydrogen (secondary N) is 2. The molecule has 0 aliphatic carbocycles. The Hall–Kier alpha value is -1.43. The maximum absolute atomic E-state index is 5.61. The molecule has 2 aromatic heterocycles. The minimum Gasteiger partial charge on any atom is -0.475 e.